The zero-order valence-electron chi connectivity index (χ0n) is 15.7. The second kappa shape index (κ2) is 7.56. The molecule has 10 heteroatoms. The number of pyridine rings is 1. The molecule has 0 saturated carbocycles. The number of aromatic nitrogens is 3. The van der Waals surface area contributed by atoms with Crippen LogP contribution >= 0.6 is 0 Å². The van der Waals surface area contributed by atoms with E-state index in [-0.39, 0.29) is 16.5 Å². The molecule has 30 heavy (non-hydrogen) atoms. The topological polar surface area (TPSA) is 105 Å². The molecule has 0 fully saturated rings. The van der Waals surface area contributed by atoms with E-state index in [2.05, 4.69) is 20.2 Å². The maximum atomic E-state index is 13.2. The van der Waals surface area contributed by atoms with Crippen LogP contribution in [0.3, 0.4) is 0 Å². The van der Waals surface area contributed by atoms with Crippen molar-refractivity contribution in [3.8, 4) is 0 Å². The number of nitrogens with zero attached hydrogens (tertiary/aromatic N) is 3. The summed E-state index contributed by atoms with van der Waals surface area (Å²) >= 11 is 0. The van der Waals surface area contributed by atoms with Crippen LogP contribution in [0.2, 0.25) is 0 Å². The molecule has 8 nitrogen and oxygen atoms in total. The lowest BCUT2D eigenvalue weighted by Crippen LogP contribution is -2.16. The van der Waals surface area contributed by atoms with Gasteiger partial charge in [-0.2, -0.15) is 0 Å². The molecule has 152 valence electrons. The van der Waals surface area contributed by atoms with Crippen molar-refractivity contribution >= 4 is 33.2 Å². The van der Waals surface area contributed by atoms with E-state index in [0.717, 1.165) is 12.1 Å². The number of nitrogens with one attached hydrogen (secondary N) is 2. The summed E-state index contributed by atoms with van der Waals surface area (Å²) in [6, 6.07) is 14.7. The summed E-state index contributed by atoms with van der Waals surface area (Å²) in [5.74, 6) is -0.661. The summed E-state index contributed by atoms with van der Waals surface area (Å²) in [6.45, 7) is 1.51. The smallest absolute Gasteiger partial charge is 0.262 e. The molecule has 2 aromatic carbocycles. The van der Waals surface area contributed by atoms with Crippen LogP contribution in [0.5, 0.6) is 0 Å². The third kappa shape index (κ3) is 3.85. The van der Waals surface area contributed by atoms with Crippen molar-refractivity contribution in [2.75, 3.05) is 10.0 Å². The zero-order chi connectivity index (χ0) is 21.3. The molecule has 0 saturated heterocycles. The highest BCUT2D eigenvalue weighted by atomic mass is 32.2. The summed E-state index contributed by atoms with van der Waals surface area (Å²) in [5, 5.41) is 10.6. The SMILES string of the molecule is Cc1cc(F)ccc1S(=O)(=O)Nc1ccc(C(=O)Nc2nnc3ccccn23)cc1. The Morgan fingerprint density at radius 3 is 2.53 bits per heavy atom. The van der Waals surface area contributed by atoms with E-state index in [1.807, 2.05) is 6.07 Å². The molecule has 0 spiro atoms. The highest BCUT2D eigenvalue weighted by molar-refractivity contribution is 7.92. The van der Waals surface area contributed by atoms with E-state index in [1.54, 1.807) is 22.7 Å². The van der Waals surface area contributed by atoms with Gasteiger partial charge in [-0.05, 0) is 67.1 Å². The van der Waals surface area contributed by atoms with Crippen LogP contribution in [0.25, 0.3) is 5.65 Å². The minimum Gasteiger partial charge on any atom is -0.290 e. The van der Waals surface area contributed by atoms with Crippen LogP contribution in [0.4, 0.5) is 16.0 Å². The van der Waals surface area contributed by atoms with Crippen molar-refractivity contribution in [1.82, 2.24) is 14.6 Å². The zero-order valence-corrected chi connectivity index (χ0v) is 16.5. The average molecular weight is 425 g/mol. The average Bonchev–Trinajstić information content (AvgIpc) is 3.11. The van der Waals surface area contributed by atoms with Gasteiger partial charge in [-0.15, -0.1) is 10.2 Å². The first kappa shape index (κ1) is 19.5. The van der Waals surface area contributed by atoms with Gasteiger partial charge < -0.3 is 0 Å². The number of sulfonamides is 1. The summed E-state index contributed by atoms with van der Waals surface area (Å²) in [4.78, 5) is 12.5. The maximum Gasteiger partial charge on any atom is 0.262 e. The quantitative estimate of drug-likeness (QED) is 0.511. The second-order valence-corrected chi connectivity index (χ2v) is 8.15. The largest absolute Gasteiger partial charge is 0.290 e. The molecule has 1 amide bonds. The van der Waals surface area contributed by atoms with Gasteiger partial charge in [-0.25, -0.2) is 12.8 Å². The number of hydrogen-bond donors (Lipinski definition) is 2. The minimum atomic E-state index is -3.90. The van der Waals surface area contributed by atoms with Crippen LogP contribution < -0.4 is 10.0 Å². The number of aryl methyl sites for hydroxylation is 1. The molecule has 0 bridgehead atoms. The van der Waals surface area contributed by atoms with Gasteiger partial charge in [-0.3, -0.25) is 19.2 Å². The molecule has 0 aliphatic heterocycles. The number of rotatable bonds is 5. The van der Waals surface area contributed by atoms with Gasteiger partial charge in [0.1, 0.15) is 5.82 Å². The Bertz CT molecular complexity index is 1350. The van der Waals surface area contributed by atoms with Gasteiger partial charge in [0, 0.05) is 17.4 Å². The lowest BCUT2D eigenvalue weighted by molar-refractivity contribution is 0.102. The molecular weight excluding hydrogens is 409 g/mol. The van der Waals surface area contributed by atoms with E-state index in [1.165, 1.54) is 37.3 Å². The fraction of sp³-hybridized carbons (Fsp3) is 0.0500. The van der Waals surface area contributed by atoms with Crippen LogP contribution in [0.15, 0.2) is 71.8 Å². The molecule has 2 heterocycles. The van der Waals surface area contributed by atoms with Crippen molar-refractivity contribution in [2.24, 2.45) is 0 Å². The molecule has 2 aromatic heterocycles. The molecule has 0 radical (unpaired) electrons. The predicted molar refractivity (Wildman–Crippen MR) is 109 cm³/mol. The van der Waals surface area contributed by atoms with Crippen LogP contribution in [0.1, 0.15) is 15.9 Å². The summed E-state index contributed by atoms with van der Waals surface area (Å²) < 4.78 is 42.4. The van der Waals surface area contributed by atoms with E-state index in [9.17, 15) is 17.6 Å². The molecule has 0 unspecified atom stereocenters. The highest BCUT2D eigenvalue weighted by Crippen LogP contribution is 2.21. The molecule has 0 atom stereocenters. The van der Waals surface area contributed by atoms with Crippen molar-refractivity contribution in [3.63, 3.8) is 0 Å². The Kier molecular flexibility index (Phi) is 4.92. The first-order valence-corrected chi connectivity index (χ1v) is 10.3. The van der Waals surface area contributed by atoms with E-state index < -0.39 is 21.7 Å². The number of hydrogen-bond acceptors (Lipinski definition) is 5. The normalized spacial score (nSPS) is 11.4. The van der Waals surface area contributed by atoms with Gasteiger partial charge in [0.15, 0.2) is 5.65 Å². The van der Waals surface area contributed by atoms with Gasteiger partial charge in [0.05, 0.1) is 4.90 Å². The van der Waals surface area contributed by atoms with Crippen molar-refractivity contribution in [2.45, 2.75) is 11.8 Å². The monoisotopic (exact) mass is 425 g/mol. The Morgan fingerprint density at radius 1 is 1.03 bits per heavy atom. The van der Waals surface area contributed by atoms with Gasteiger partial charge in [0.2, 0.25) is 5.95 Å². The van der Waals surface area contributed by atoms with Crippen molar-refractivity contribution < 1.29 is 17.6 Å². The molecular formula is C20H16FN5O3S. The summed E-state index contributed by atoms with van der Waals surface area (Å²) in [7, 11) is -3.90. The number of benzene rings is 2. The molecule has 0 aliphatic rings. The van der Waals surface area contributed by atoms with Gasteiger partial charge >= 0.3 is 0 Å². The van der Waals surface area contributed by atoms with Crippen LogP contribution in [0, 0.1) is 12.7 Å². The van der Waals surface area contributed by atoms with E-state index in [0.29, 0.717) is 16.8 Å². The van der Waals surface area contributed by atoms with Crippen molar-refractivity contribution in [3.05, 3.63) is 83.8 Å². The summed E-state index contributed by atoms with van der Waals surface area (Å²) in [5.41, 5.74) is 1.46. The molecule has 4 rings (SSSR count). The minimum absolute atomic E-state index is 0.0237. The van der Waals surface area contributed by atoms with Crippen LogP contribution in [-0.4, -0.2) is 28.9 Å². The fourth-order valence-electron chi connectivity index (χ4n) is 2.91. The lowest BCUT2D eigenvalue weighted by Gasteiger charge is -2.11. The Hall–Kier alpha value is -3.79. The second-order valence-electron chi connectivity index (χ2n) is 6.50. The van der Waals surface area contributed by atoms with E-state index >= 15 is 0 Å². The number of halogens is 1. The lowest BCUT2D eigenvalue weighted by atomic mass is 10.2. The number of carbonyl (C=O) groups is 1. The van der Waals surface area contributed by atoms with Crippen LogP contribution in [-0.2, 0) is 10.0 Å². The van der Waals surface area contributed by atoms with Gasteiger partial charge in [0.25, 0.3) is 15.9 Å². The standard InChI is InChI=1S/C20H16FN5O3S/c1-13-12-15(21)7-10-17(13)30(28,29)25-16-8-5-14(6-9-16)19(27)22-20-24-23-18-4-2-3-11-26(18)20/h2-12,25H,1H3,(H,22,24,27). The highest BCUT2D eigenvalue weighted by Gasteiger charge is 2.18. The molecule has 2 N–H and O–H groups in total. The third-order valence-corrected chi connectivity index (χ3v) is 5.91. The summed E-state index contributed by atoms with van der Waals surface area (Å²) in [6.07, 6.45) is 1.72. The fourth-order valence-corrected chi connectivity index (χ4v) is 4.20. The molecule has 4 aromatic rings. The first-order chi connectivity index (χ1) is 14.3. The Balaban J connectivity index is 1.50. The Morgan fingerprint density at radius 2 is 1.80 bits per heavy atom. The van der Waals surface area contributed by atoms with Gasteiger partial charge in [-0.1, -0.05) is 6.07 Å². The number of carbonyl (C=O) groups excluding carboxylic acids is 1. The first-order valence-electron chi connectivity index (χ1n) is 8.84. The number of amides is 1. The third-order valence-electron chi connectivity index (χ3n) is 4.36. The number of anilines is 2. The predicted octanol–water partition coefficient (Wildman–Crippen LogP) is 3.23. The Labute approximate surface area is 171 Å². The van der Waals surface area contributed by atoms with Crippen molar-refractivity contribution in [1.29, 1.82) is 0 Å². The molecule has 0 aliphatic carbocycles. The van der Waals surface area contributed by atoms with E-state index in [4.69, 9.17) is 0 Å². The number of fused-ring (bicyclic) bond motifs is 1. The maximum absolute atomic E-state index is 13.2.